The average Bonchev–Trinajstić information content (AvgIpc) is 1.63. The van der Waals surface area contributed by atoms with Crippen LogP contribution in [0.15, 0.2) is 0 Å². The highest BCUT2D eigenvalue weighted by Crippen LogP contribution is 1.91. The van der Waals surface area contributed by atoms with Gasteiger partial charge in [-0.2, -0.15) is 0 Å². The minimum Gasteiger partial charge on any atom is -0.310 e. The van der Waals surface area contributed by atoms with Gasteiger partial charge in [-0.3, -0.25) is 4.79 Å². The van der Waals surface area contributed by atoms with Crippen molar-refractivity contribution in [1.82, 2.24) is 5.32 Å². The molecule has 3 nitrogen and oxygen atoms in total. The van der Waals surface area contributed by atoms with Crippen molar-refractivity contribution >= 4 is 5.91 Å². The molecule has 0 spiro atoms. The number of amides is 1. The Labute approximate surface area is 55.6 Å². The molecule has 0 aliphatic carbocycles. The molecule has 1 amide bonds. The number of carbonyl (C=O) groups is 1. The standard InChI is InChI=1S/C6H13N2O/c1-4(2)6(9)8-5(3)7/h4-5H,7H2,1-3H3. The summed E-state index contributed by atoms with van der Waals surface area (Å²) in [6.07, 6.45) is -0.361. The smallest absolute Gasteiger partial charge is 0.245 e. The van der Waals surface area contributed by atoms with E-state index < -0.39 is 0 Å². The zero-order chi connectivity index (χ0) is 7.44. The molecule has 0 fully saturated rings. The molecule has 0 aromatic carbocycles. The minimum atomic E-state index is -0.361. The predicted molar refractivity (Wildman–Crippen MR) is 35.6 cm³/mol. The maximum Gasteiger partial charge on any atom is 0.245 e. The van der Waals surface area contributed by atoms with Crippen LogP contribution in [0.4, 0.5) is 0 Å². The first-order valence-electron chi connectivity index (χ1n) is 3.04. The first-order chi connectivity index (χ1) is 4.04. The van der Waals surface area contributed by atoms with Crippen LogP contribution in [0.3, 0.4) is 0 Å². The van der Waals surface area contributed by atoms with E-state index in [-0.39, 0.29) is 18.0 Å². The summed E-state index contributed by atoms with van der Waals surface area (Å²) in [5.74, 6) is -0.152. The van der Waals surface area contributed by atoms with Crippen LogP contribution < -0.4 is 11.1 Å². The number of rotatable bonds is 2. The van der Waals surface area contributed by atoms with Crippen LogP contribution in [0.5, 0.6) is 0 Å². The molecule has 0 saturated carbocycles. The highest BCUT2D eigenvalue weighted by atomic mass is 16.1. The molecule has 1 unspecified atom stereocenters. The minimum absolute atomic E-state index is 0.0315. The Morgan fingerprint density at radius 1 is 1.44 bits per heavy atom. The summed E-state index contributed by atoms with van der Waals surface area (Å²) >= 11 is 0. The summed E-state index contributed by atoms with van der Waals surface area (Å²) < 4.78 is 0. The summed E-state index contributed by atoms with van der Waals surface area (Å²) in [6.45, 7) is 5.28. The lowest BCUT2D eigenvalue weighted by Crippen LogP contribution is -2.34. The van der Waals surface area contributed by atoms with Crippen molar-refractivity contribution in [3.05, 3.63) is 0 Å². The second kappa shape index (κ2) is 3.45. The van der Waals surface area contributed by atoms with Gasteiger partial charge in [0.2, 0.25) is 5.91 Å². The van der Waals surface area contributed by atoms with Gasteiger partial charge in [0, 0.05) is 5.92 Å². The Kier molecular flexibility index (Phi) is 3.24. The van der Waals surface area contributed by atoms with E-state index in [0.29, 0.717) is 0 Å². The van der Waals surface area contributed by atoms with Gasteiger partial charge in [-0.1, -0.05) is 13.8 Å². The first-order valence-corrected chi connectivity index (χ1v) is 3.04. The van der Waals surface area contributed by atoms with Gasteiger partial charge in [-0.05, 0) is 6.92 Å². The topological polar surface area (TPSA) is 57.2 Å². The molecule has 1 atom stereocenters. The van der Waals surface area contributed by atoms with Crippen LogP contribution in [-0.4, -0.2) is 12.1 Å². The third-order valence-corrected chi connectivity index (χ3v) is 0.825. The van der Waals surface area contributed by atoms with Crippen LogP contribution in [0.25, 0.3) is 0 Å². The van der Waals surface area contributed by atoms with Gasteiger partial charge < -0.3 is 5.73 Å². The number of nitrogens with zero attached hydrogens (tertiary/aromatic N) is 1. The SMILES string of the molecule is CC(N)[N]C(=O)C(C)C. The average molecular weight is 129 g/mol. The number of carbonyl (C=O) groups excluding carboxylic acids is 1. The molecule has 9 heavy (non-hydrogen) atoms. The molecule has 0 rings (SSSR count). The maximum absolute atomic E-state index is 10.7. The summed E-state index contributed by atoms with van der Waals surface area (Å²) in [6, 6.07) is 0. The van der Waals surface area contributed by atoms with E-state index in [9.17, 15) is 4.79 Å². The van der Waals surface area contributed by atoms with Gasteiger partial charge in [0.1, 0.15) is 0 Å². The molecule has 0 aliphatic rings. The van der Waals surface area contributed by atoms with Crippen LogP contribution in [-0.2, 0) is 4.79 Å². The zero-order valence-corrected chi connectivity index (χ0v) is 6.09. The Morgan fingerprint density at radius 3 is 2.00 bits per heavy atom. The van der Waals surface area contributed by atoms with Gasteiger partial charge in [-0.15, -0.1) is 0 Å². The summed E-state index contributed by atoms with van der Waals surface area (Å²) in [4.78, 5) is 10.7. The predicted octanol–water partition coefficient (Wildman–Crippen LogP) is 0.0781. The summed E-state index contributed by atoms with van der Waals surface area (Å²) in [5.41, 5.74) is 5.24. The third kappa shape index (κ3) is 3.97. The molecule has 53 valence electrons. The Hall–Kier alpha value is -0.570. The Bertz CT molecular complexity index is 99.2. The van der Waals surface area contributed by atoms with E-state index in [1.54, 1.807) is 20.8 Å². The third-order valence-electron chi connectivity index (χ3n) is 0.825. The van der Waals surface area contributed by atoms with E-state index in [2.05, 4.69) is 5.32 Å². The second-order valence-corrected chi connectivity index (χ2v) is 2.36. The van der Waals surface area contributed by atoms with E-state index in [0.717, 1.165) is 0 Å². The van der Waals surface area contributed by atoms with Crippen LogP contribution in [0, 0.1) is 5.92 Å². The fraction of sp³-hybridized carbons (Fsp3) is 0.833. The molecule has 1 radical (unpaired) electrons. The van der Waals surface area contributed by atoms with Gasteiger partial charge in [0.25, 0.3) is 0 Å². The molecule has 3 heteroatoms. The van der Waals surface area contributed by atoms with Crippen LogP contribution in [0.1, 0.15) is 20.8 Å². The lowest BCUT2D eigenvalue weighted by molar-refractivity contribution is -0.124. The van der Waals surface area contributed by atoms with Crippen molar-refractivity contribution in [1.29, 1.82) is 0 Å². The molecule has 0 heterocycles. The largest absolute Gasteiger partial charge is 0.310 e. The number of hydrogen-bond donors (Lipinski definition) is 1. The molecular weight excluding hydrogens is 116 g/mol. The van der Waals surface area contributed by atoms with Crippen LogP contribution in [0.2, 0.25) is 0 Å². The normalized spacial score (nSPS) is 13.4. The highest BCUT2D eigenvalue weighted by Gasteiger charge is 2.08. The fourth-order valence-corrected chi connectivity index (χ4v) is 0.350. The maximum atomic E-state index is 10.7. The van der Waals surface area contributed by atoms with Gasteiger partial charge in [0.05, 0.1) is 6.17 Å². The Balaban J connectivity index is 3.51. The van der Waals surface area contributed by atoms with Crippen molar-refractivity contribution in [3.63, 3.8) is 0 Å². The van der Waals surface area contributed by atoms with E-state index >= 15 is 0 Å². The van der Waals surface area contributed by atoms with Crippen molar-refractivity contribution < 1.29 is 4.79 Å². The molecule has 0 aromatic heterocycles. The van der Waals surface area contributed by atoms with Crippen molar-refractivity contribution in [2.45, 2.75) is 26.9 Å². The van der Waals surface area contributed by atoms with E-state index in [4.69, 9.17) is 5.73 Å². The second-order valence-electron chi connectivity index (χ2n) is 2.36. The van der Waals surface area contributed by atoms with Gasteiger partial charge in [0.15, 0.2) is 0 Å². The molecule has 0 bridgehead atoms. The molecule has 2 N–H and O–H groups in total. The lowest BCUT2D eigenvalue weighted by Gasteiger charge is -2.06. The van der Waals surface area contributed by atoms with Crippen molar-refractivity contribution in [2.75, 3.05) is 0 Å². The quantitative estimate of drug-likeness (QED) is 0.574. The number of nitrogens with two attached hydrogens (primary N) is 1. The Morgan fingerprint density at radius 2 is 1.89 bits per heavy atom. The summed E-state index contributed by atoms with van der Waals surface area (Å²) in [5, 5.41) is 3.62. The van der Waals surface area contributed by atoms with Gasteiger partial charge in [-0.25, -0.2) is 5.32 Å². The van der Waals surface area contributed by atoms with E-state index in [1.807, 2.05) is 0 Å². The lowest BCUT2D eigenvalue weighted by atomic mass is 10.2. The first kappa shape index (κ1) is 8.43. The molecule has 0 saturated heterocycles. The fourth-order valence-electron chi connectivity index (χ4n) is 0.350. The molecular formula is C6H13N2O. The van der Waals surface area contributed by atoms with Crippen molar-refractivity contribution in [2.24, 2.45) is 11.7 Å². The summed E-state index contributed by atoms with van der Waals surface area (Å²) in [7, 11) is 0. The number of hydrogen-bond acceptors (Lipinski definition) is 2. The van der Waals surface area contributed by atoms with Crippen LogP contribution >= 0.6 is 0 Å². The van der Waals surface area contributed by atoms with E-state index in [1.165, 1.54) is 0 Å². The zero-order valence-electron chi connectivity index (χ0n) is 6.09. The van der Waals surface area contributed by atoms with Crippen molar-refractivity contribution in [3.8, 4) is 0 Å². The monoisotopic (exact) mass is 129 g/mol. The van der Waals surface area contributed by atoms with Gasteiger partial charge >= 0.3 is 0 Å². The molecule has 0 aliphatic heterocycles. The molecule has 0 aromatic rings. The highest BCUT2D eigenvalue weighted by molar-refractivity contribution is 5.77.